The van der Waals surface area contributed by atoms with E-state index >= 15 is 0 Å². The Balaban J connectivity index is 1.33. The van der Waals surface area contributed by atoms with E-state index in [-0.39, 0.29) is 18.4 Å². The van der Waals surface area contributed by atoms with Crippen LogP contribution in [0.1, 0.15) is 18.7 Å². The smallest absolute Gasteiger partial charge is 0.246 e. The monoisotopic (exact) mass is 394 g/mol. The molecule has 0 radical (unpaired) electrons. The van der Waals surface area contributed by atoms with E-state index in [0.717, 1.165) is 30.7 Å². The molecule has 0 saturated carbocycles. The first kappa shape index (κ1) is 18.9. The number of methoxy groups -OCH3 is 1. The fourth-order valence-corrected chi connectivity index (χ4v) is 3.32. The van der Waals surface area contributed by atoms with Crippen molar-refractivity contribution in [2.45, 2.75) is 19.4 Å². The van der Waals surface area contributed by atoms with Gasteiger partial charge in [-0.2, -0.15) is 4.98 Å². The third kappa shape index (κ3) is 4.50. The molecule has 0 bridgehead atoms. The average Bonchev–Trinajstić information content (AvgIpc) is 3.27. The van der Waals surface area contributed by atoms with Crippen LogP contribution in [0.2, 0.25) is 0 Å². The van der Waals surface area contributed by atoms with Gasteiger partial charge in [0, 0.05) is 31.0 Å². The van der Waals surface area contributed by atoms with Crippen molar-refractivity contribution in [2.24, 2.45) is 5.92 Å². The highest BCUT2D eigenvalue weighted by molar-refractivity contribution is 5.79. The van der Waals surface area contributed by atoms with Crippen molar-refractivity contribution >= 4 is 11.9 Å². The highest BCUT2D eigenvalue weighted by Crippen LogP contribution is 2.21. The number of amides is 1. The highest BCUT2D eigenvalue weighted by Gasteiger charge is 2.27. The Morgan fingerprint density at radius 2 is 2.07 bits per heavy atom. The lowest BCUT2D eigenvalue weighted by Gasteiger charge is -2.31. The van der Waals surface area contributed by atoms with Crippen LogP contribution >= 0.6 is 0 Å². The predicted octanol–water partition coefficient (Wildman–Crippen LogP) is 2.07. The topological polar surface area (TPSA) is 106 Å². The molecule has 0 unspecified atom stereocenters. The first-order valence-electron chi connectivity index (χ1n) is 9.49. The van der Waals surface area contributed by atoms with Crippen molar-refractivity contribution in [2.75, 3.05) is 25.1 Å². The number of anilines is 1. The summed E-state index contributed by atoms with van der Waals surface area (Å²) in [6.45, 7) is 1.64. The number of piperidine rings is 1. The quantitative estimate of drug-likeness (QED) is 0.677. The largest absolute Gasteiger partial charge is 0.497 e. The van der Waals surface area contributed by atoms with E-state index in [1.807, 2.05) is 29.2 Å². The Kier molecular flexibility index (Phi) is 5.64. The molecule has 1 amide bonds. The molecule has 9 nitrogen and oxygen atoms in total. The first-order valence-corrected chi connectivity index (χ1v) is 9.49. The molecule has 9 heteroatoms. The van der Waals surface area contributed by atoms with E-state index in [1.165, 1.54) is 0 Å². The van der Waals surface area contributed by atoms with Gasteiger partial charge in [-0.3, -0.25) is 4.79 Å². The first-order chi connectivity index (χ1) is 14.2. The number of carbonyl (C=O) groups excluding carboxylic acids is 1. The molecule has 1 atom stereocenters. The molecule has 1 saturated heterocycles. The second kappa shape index (κ2) is 8.68. The summed E-state index contributed by atoms with van der Waals surface area (Å²) >= 11 is 0. The van der Waals surface area contributed by atoms with Crippen molar-refractivity contribution in [1.29, 1.82) is 0 Å². The van der Waals surface area contributed by atoms with Gasteiger partial charge >= 0.3 is 0 Å². The summed E-state index contributed by atoms with van der Waals surface area (Å²) in [6, 6.07) is 9.15. The van der Waals surface area contributed by atoms with Crippen LogP contribution in [0.25, 0.3) is 11.4 Å². The predicted molar refractivity (Wildman–Crippen MR) is 105 cm³/mol. The summed E-state index contributed by atoms with van der Waals surface area (Å²) in [5, 5.41) is 6.88. The fourth-order valence-electron chi connectivity index (χ4n) is 3.32. The van der Waals surface area contributed by atoms with Crippen molar-refractivity contribution in [1.82, 2.24) is 25.4 Å². The second-order valence-corrected chi connectivity index (χ2v) is 6.79. The summed E-state index contributed by atoms with van der Waals surface area (Å²) in [7, 11) is 1.61. The van der Waals surface area contributed by atoms with Gasteiger partial charge in [0.1, 0.15) is 5.75 Å². The number of ether oxygens (including phenoxy) is 1. The van der Waals surface area contributed by atoms with Crippen LogP contribution < -0.4 is 15.0 Å². The van der Waals surface area contributed by atoms with Crippen LogP contribution in [-0.4, -0.2) is 46.2 Å². The van der Waals surface area contributed by atoms with E-state index in [9.17, 15) is 4.79 Å². The van der Waals surface area contributed by atoms with Gasteiger partial charge in [-0.1, -0.05) is 5.16 Å². The number of aromatic nitrogens is 4. The maximum absolute atomic E-state index is 12.6. The molecule has 1 aromatic carbocycles. The summed E-state index contributed by atoms with van der Waals surface area (Å²) in [4.78, 5) is 27.6. The maximum atomic E-state index is 12.6. The molecular weight excluding hydrogens is 372 g/mol. The number of hydrogen-bond acceptors (Lipinski definition) is 8. The van der Waals surface area contributed by atoms with Crippen molar-refractivity contribution in [3.8, 4) is 17.1 Å². The third-order valence-corrected chi connectivity index (χ3v) is 4.86. The van der Waals surface area contributed by atoms with E-state index in [1.54, 1.807) is 25.6 Å². The van der Waals surface area contributed by atoms with Crippen LogP contribution in [0, 0.1) is 5.92 Å². The Bertz CT molecular complexity index is 944. The van der Waals surface area contributed by atoms with Gasteiger partial charge in [0.05, 0.1) is 19.6 Å². The lowest BCUT2D eigenvalue weighted by atomic mass is 9.97. The Hall–Kier alpha value is -3.49. The Morgan fingerprint density at radius 1 is 1.28 bits per heavy atom. The molecule has 0 aliphatic carbocycles. The molecule has 1 aliphatic rings. The zero-order chi connectivity index (χ0) is 20.1. The van der Waals surface area contributed by atoms with Crippen LogP contribution in [0.4, 0.5) is 5.95 Å². The summed E-state index contributed by atoms with van der Waals surface area (Å²) in [6.07, 6.45) is 5.17. The van der Waals surface area contributed by atoms with Gasteiger partial charge in [0.25, 0.3) is 0 Å². The Labute approximate surface area is 168 Å². The molecular formula is C20H22N6O3. The molecule has 3 heterocycles. The standard InChI is InChI=1S/C20H22N6O3/c1-28-16-7-5-14(6-8-16)18-24-17(29-25-18)12-23-19(27)15-4-2-11-26(13-15)20-21-9-3-10-22-20/h3,5-10,15H,2,4,11-13H2,1H3,(H,23,27)/t15-/m1/s1. The van der Waals surface area contributed by atoms with E-state index < -0.39 is 0 Å². The SMILES string of the molecule is COc1ccc(-c2noc(CNC(=O)[C@@H]3CCCN(c4ncccn4)C3)n2)cc1. The molecule has 29 heavy (non-hydrogen) atoms. The molecule has 4 rings (SSSR count). The van der Waals surface area contributed by atoms with Crippen LogP contribution in [0.5, 0.6) is 5.75 Å². The zero-order valence-corrected chi connectivity index (χ0v) is 16.1. The minimum Gasteiger partial charge on any atom is -0.497 e. The number of nitrogens with one attached hydrogen (secondary N) is 1. The minimum absolute atomic E-state index is 0.0326. The zero-order valence-electron chi connectivity index (χ0n) is 16.1. The lowest BCUT2D eigenvalue weighted by molar-refractivity contribution is -0.125. The van der Waals surface area contributed by atoms with Crippen molar-refractivity contribution in [3.63, 3.8) is 0 Å². The Morgan fingerprint density at radius 3 is 2.83 bits per heavy atom. The van der Waals surface area contributed by atoms with Crippen LogP contribution in [0.3, 0.4) is 0 Å². The van der Waals surface area contributed by atoms with E-state index in [0.29, 0.717) is 24.2 Å². The van der Waals surface area contributed by atoms with Gasteiger partial charge in [-0.05, 0) is 43.2 Å². The van der Waals surface area contributed by atoms with E-state index in [2.05, 4.69) is 25.4 Å². The molecule has 0 spiro atoms. The number of nitrogens with zero attached hydrogens (tertiary/aromatic N) is 5. The van der Waals surface area contributed by atoms with Crippen LogP contribution in [-0.2, 0) is 11.3 Å². The number of carbonyl (C=O) groups is 1. The molecule has 1 aliphatic heterocycles. The van der Waals surface area contributed by atoms with Gasteiger partial charge in [0.15, 0.2) is 0 Å². The van der Waals surface area contributed by atoms with Gasteiger partial charge in [-0.15, -0.1) is 0 Å². The third-order valence-electron chi connectivity index (χ3n) is 4.86. The fraction of sp³-hybridized carbons (Fsp3) is 0.350. The molecule has 3 aromatic rings. The second-order valence-electron chi connectivity index (χ2n) is 6.79. The van der Waals surface area contributed by atoms with Crippen molar-refractivity contribution < 1.29 is 14.1 Å². The van der Waals surface area contributed by atoms with E-state index in [4.69, 9.17) is 9.26 Å². The molecule has 150 valence electrons. The summed E-state index contributed by atoms with van der Waals surface area (Å²) < 4.78 is 10.4. The number of rotatable bonds is 6. The van der Waals surface area contributed by atoms with Gasteiger partial charge < -0.3 is 19.5 Å². The van der Waals surface area contributed by atoms with Gasteiger partial charge in [0.2, 0.25) is 23.6 Å². The summed E-state index contributed by atoms with van der Waals surface area (Å²) in [5.74, 6) is 2.09. The average molecular weight is 394 g/mol. The molecule has 1 N–H and O–H groups in total. The molecule has 1 fully saturated rings. The minimum atomic E-state index is -0.128. The lowest BCUT2D eigenvalue weighted by Crippen LogP contribution is -2.43. The normalized spacial score (nSPS) is 16.4. The van der Waals surface area contributed by atoms with Crippen molar-refractivity contribution in [3.05, 3.63) is 48.6 Å². The number of hydrogen-bond donors (Lipinski definition) is 1. The highest BCUT2D eigenvalue weighted by atomic mass is 16.5. The summed E-state index contributed by atoms with van der Waals surface area (Å²) in [5.41, 5.74) is 0.818. The van der Waals surface area contributed by atoms with Gasteiger partial charge in [-0.25, -0.2) is 9.97 Å². The number of benzene rings is 1. The molecule has 2 aromatic heterocycles. The van der Waals surface area contributed by atoms with Crippen LogP contribution in [0.15, 0.2) is 47.2 Å². The maximum Gasteiger partial charge on any atom is 0.246 e.